The van der Waals surface area contributed by atoms with E-state index in [1.54, 1.807) is 32.3 Å². The Balaban J connectivity index is 3.02. The number of carbonyl (C=O) groups excluding carboxylic acids is 1. The third kappa shape index (κ3) is 3.05. The molecule has 0 spiro atoms. The van der Waals surface area contributed by atoms with Gasteiger partial charge in [0.05, 0.1) is 13.2 Å². The van der Waals surface area contributed by atoms with Crippen LogP contribution in [0, 0.1) is 12.3 Å². The fourth-order valence-corrected chi connectivity index (χ4v) is 1.45. The second-order valence-corrected chi connectivity index (χ2v) is 3.64. The van der Waals surface area contributed by atoms with Gasteiger partial charge in [0.15, 0.2) is 0 Å². The molecule has 0 aromatic carbocycles. The molecule has 0 aliphatic carbocycles. The zero-order chi connectivity index (χ0) is 12.7. The summed E-state index contributed by atoms with van der Waals surface area (Å²) >= 11 is 0. The fourth-order valence-electron chi connectivity index (χ4n) is 1.45. The fraction of sp³-hybridized carbons (Fsp3) is 0.385. The lowest BCUT2D eigenvalue weighted by molar-refractivity contribution is -0.150. The normalized spacial score (nSPS) is 13.5. The zero-order valence-corrected chi connectivity index (χ0v) is 10.1. The molecule has 4 heteroatoms. The van der Waals surface area contributed by atoms with Gasteiger partial charge in [0.1, 0.15) is 5.54 Å². The highest BCUT2D eigenvalue weighted by Gasteiger charge is 2.36. The lowest BCUT2D eigenvalue weighted by Crippen LogP contribution is -2.48. The topological polar surface area (TPSA) is 51.2 Å². The molecule has 0 bridgehead atoms. The maximum absolute atomic E-state index is 12.0. The molecule has 0 saturated carbocycles. The highest BCUT2D eigenvalue weighted by Crippen LogP contribution is 2.21. The van der Waals surface area contributed by atoms with Gasteiger partial charge >= 0.3 is 5.97 Å². The first-order valence-corrected chi connectivity index (χ1v) is 5.41. The molecule has 0 fully saturated rings. The Morgan fingerprint density at radius 3 is 3.00 bits per heavy atom. The van der Waals surface area contributed by atoms with Crippen molar-refractivity contribution >= 4 is 5.97 Å². The number of carbonyl (C=O) groups is 1. The van der Waals surface area contributed by atoms with Crippen LogP contribution in [0.15, 0.2) is 24.5 Å². The lowest BCUT2D eigenvalue weighted by Gasteiger charge is -2.27. The van der Waals surface area contributed by atoms with Crippen molar-refractivity contribution in [2.24, 2.45) is 0 Å². The van der Waals surface area contributed by atoms with Gasteiger partial charge in [-0.25, -0.2) is 4.79 Å². The minimum atomic E-state index is -0.962. The third-order valence-corrected chi connectivity index (χ3v) is 2.47. The van der Waals surface area contributed by atoms with E-state index in [2.05, 4.69) is 16.2 Å². The molecule has 1 N–H and O–H groups in total. The summed E-state index contributed by atoms with van der Waals surface area (Å²) in [7, 11) is 0. The predicted molar refractivity (Wildman–Crippen MR) is 65.1 cm³/mol. The summed E-state index contributed by atoms with van der Waals surface area (Å²) in [4.78, 5) is 16.0. The molecule has 1 aromatic heterocycles. The molecule has 0 aliphatic rings. The van der Waals surface area contributed by atoms with E-state index in [9.17, 15) is 4.79 Å². The number of hydrogen-bond donors (Lipinski definition) is 1. The molecule has 4 nitrogen and oxygen atoms in total. The zero-order valence-electron chi connectivity index (χ0n) is 10.1. The van der Waals surface area contributed by atoms with Gasteiger partial charge in [-0.2, -0.15) is 0 Å². The quantitative estimate of drug-likeness (QED) is 0.609. The number of nitrogens with zero attached hydrogens (tertiary/aromatic N) is 1. The van der Waals surface area contributed by atoms with Crippen LogP contribution in [0.1, 0.15) is 19.4 Å². The molecule has 1 atom stereocenters. The van der Waals surface area contributed by atoms with Crippen molar-refractivity contribution in [2.45, 2.75) is 19.4 Å². The van der Waals surface area contributed by atoms with Gasteiger partial charge in [-0.15, -0.1) is 6.42 Å². The van der Waals surface area contributed by atoms with Crippen LogP contribution < -0.4 is 5.32 Å². The molecule has 1 aromatic rings. The summed E-state index contributed by atoms with van der Waals surface area (Å²) in [6.07, 6.45) is 8.48. The second kappa shape index (κ2) is 6.02. The molecule has 0 radical (unpaired) electrons. The maximum atomic E-state index is 12.0. The van der Waals surface area contributed by atoms with Crippen LogP contribution in [-0.2, 0) is 15.1 Å². The van der Waals surface area contributed by atoms with Gasteiger partial charge in [0.2, 0.25) is 0 Å². The van der Waals surface area contributed by atoms with Crippen molar-refractivity contribution in [1.82, 2.24) is 10.3 Å². The molecular formula is C13H16N2O2. The Labute approximate surface area is 101 Å². The number of rotatable bonds is 5. The molecular weight excluding hydrogens is 216 g/mol. The Morgan fingerprint density at radius 1 is 1.71 bits per heavy atom. The molecule has 1 rings (SSSR count). The van der Waals surface area contributed by atoms with Gasteiger partial charge in [-0.1, -0.05) is 12.0 Å². The molecule has 1 heterocycles. The molecule has 1 unspecified atom stereocenters. The van der Waals surface area contributed by atoms with Crippen LogP contribution in [0.4, 0.5) is 0 Å². The van der Waals surface area contributed by atoms with Crippen LogP contribution in [0.25, 0.3) is 0 Å². The van der Waals surface area contributed by atoms with Crippen LogP contribution in [0.5, 0.6) is 0 Å². The molecule has 0 saturated heterocycles. The van der Waals surface area contributed by atoms with Crippen molar-refractivity contribution < 1.29 is 9.53 Å². The van der Waals surface area contributed by atoms with E-state index in [-0.39, 0.29) is 12.5 Å². The van der Waals surface area contributed by atoms with Crippen LogP contribution in [0.3, 0.4) is 0 Å². The first-order chi connectivity index (χ1) is 8.15. The standard InChI is InChI=1S/C13H16N2O2/c1-4-8-15-13(3,12(16)17-5-2)11-7-6-9-14-10-11/h1,6-7,9-10,15H,5,8H2,2-3H3. The summed E-state index contributed by atoms with van der Waals surface area (Å²) in [5.41, 5.74) is -0.231. The number of esters is 1. The molecule has 0 aliphatic heterocycles. The summed E-state index contributed by atoms with van der Waals surface area (Å²) in [6.45, 7) is 4.11. The summed E-state index contributed by atoms with van der Waals surface area (Å²) < 4.78 is 5.06. The number of ether oxygens (including phenoxy) is 1. The highest BCUT2D eigenvalue weighted by atomic mass is 16.5. The molecule has 17 heavy (non-hydrogen) atoms. The number of terminal acetylenes is 1. The predicted octanol–water partition coefficient (Wildman–Crippen LogP) is 1.08. The van der Waals surface area contributed by atoms with Crippen LogP contribution in [0.2, 0.25) is 0 Å². The SMILES string of the molecule is C#CCNC(C)(C(=O)OCC)c1cccnc1. The van der Waals surface area contributed by atoms with Crippen LogP contribution in [-0.4, -0.2) is 24.1 Å². The Hall–Kier alpha value is -1.86. The largest absolute Gasteiger partial charge is 0.464 e. The van der Waals surface area contributed by atoms with Crippen LogP contribution >= 0.6 is 0 Å². The Kier molecular flexibility index (Phi) is 4.68. The van der Waals surface area contributed by atoms with Crippen molar-refractivity contribution in [2.75, 3.05) is 13.2 Å². The van der Waals surface area contributed by atoms with E-state index in [0.717, 1.165) is 5.56 Å². The smallest absolute Gasteiger partial charge is 0.330 e. The second-order valence-electron chi connectivity index (χ2n) is 3.64. The number of pyridine rings is 1. The number of hydrogen-bond acceptors (Lipinski definition) is 4. The van der Waals surface area contributed by atoms with Crippen molar-refractivity contribution in [1.29, 1.82) is 0 Å². The van der Waals surface area contributed by atoms with E-state index in [0.29, 0.717) is 6.61 Å². The average Bonchev–Trinajstić information content (AvgIpc) is 2.37. The van der Waals surface area contributed by atoms with E-state index in [1.807, 2.05) is 6.07 Å². The summed E-state index contributed by atoms with van der Waals surface area (Å²) in [6, 6.07) is 3.58. The van der Waals surface area contributed by atoms with Crippen molar-refractivity contribution in [3.05, 3.63) is 30.1 Å². The summed E-state index contributed by atoms with van der Waals surface area (Å²) in [5.74, 6) is 2.09. The highest BCUT2D eigenvalue weighted by molar-refractivity contribution is 5.82. The monoisotopic (exact) mass is 232 g/mol. The van der Waals surface area contributed by atoms with E-state index < -0.39 is 5.54 Å². The number of aromatic nitrogens is 1. The van der Waals surface area contributed by atoms with Crippen molar-refractivity contribution in [3.63, 3.8) is 0 Å². The van der Waals surface area contributed by atoms with Crippen molar-refractivity contribution in [3.8, 4) is 12.3 Å². The molecule has 90 valence electrons. The number of nitrogens with one attached hydrogen (secondary N) is 1. The Morgan fingerprint density at radius 2 is 2.47 bits per heavy atom. The van der Waals surface area contributed by atoms with Gasteiger partial charge in [0.25, 0.3) is 0 Å². The van der Waals surface area contributed by atoms with Gasteiger partial charge in [-0.05, 0) is 19.9 Å². The van der Waals surface area contributed by atoms with E-state index in [1.165, 1.54) is 0 Å². The van der Waals surface area contributed by atoms with E-state index in [4.69, 9.17) is 11.2 Å². The summed E-state index contributed by atoms with van der Waals surface area (Å²) in [5, 5.41) is 3.00. The minimum Gasteiger partial charge on any atom is -0.464 e. The van der Waals surface area contributed by atoms with E-state index >= 15 is 0 Å². The lowest BCUT2D eigenvalue weighted by atomic mass is 9.93. The van der Waals surface area contributed by atoms with Gasteiger partial charge in [0, 0.05) is 18.0 Å². The third-order valence-electron chi connectivity index (χ3n) is 2.47. The van der Waals surface area contributed by atoms with Gasteiger partial charge in [-0.3, -0.25) is 10.3 Å². The average molecular weight is 232 g/mol. The first kappa shape index (κ1) is 13.2. The van der Waals surface area contributed by atoms with Gasteiger partial charge < -0.3 is 4.74 Å². The first-order valence-electron chi connectivity index (χ1n) is 5.41. The molecule has 0 amide bonds. The minimum absolute atomic E-state index is 0.282. The Bertz CT molecular complexity index is 411. The maximum Gasteiger partial charge on any atom is 0.330 e.